The molecule has 2 fully saturated rings. The van der Waals surface area contributed by atoms with Gasteiger partial charge in [-0.05, 0) is 25.0 Å². The van der Waals surface area contributed by atoms with Gasteiger partial charge in [0, 0.05) is 12.0 Å². The van der Waals surface area contributed by atoms with E-state index in [1.54, 1.807) is 0 Å². The number of aliphatic hydroxyl groups excluding tert-OH is 1. The Morgan fingerprint density at radius 2 is 2.03 bits per heavy atom. The van der Waals surface area contributed by atoms with Gasteiger partial charge in [0.15, 0.2) is 37.3 Å². The van der Waals surface area contributed by atoms with E-state index in [9.17, 15) is 13.2 Å². The number of aliphatic hydroxyl groups is 1. The Hall–Kier alpha value is -3.20. The van der Waals surface area contributed by atoms with Crippen LogP contribution in [0.15, 0.2) is 40.5 Å². The van der Waals surface area contributed by atoms with Gasteiger partial charge in [0.05, 0.1) is 36.2 Å². The Morgan fingerprint density at radius 3 is 2.72 bits per heavy atom. The van der Waals surface area contributed by atoms with E-state index in [-0.39, 0.29) is 46.2 Å². The Kier molecular flexibility index (Phi) is 7.09. The largest absolute Gasteiger partial charge is 0.474 e. The number of nitrogens with one attached hydrogen (secondary N) is 1. The molecule has 36 heavy (non-hydrogen) atoms. The molecule has 3 aromatic rings. The van der Waals surface area contributed by atoms with Crippen LogP contribution in [-0.4, -0.2) is 77.9 Å². The van der Waals surface area contributed by atoms with Crippen molar-refractivity contribution in [2.45, 2.75) is 35.5 Å². The van der Waals surface area contributed by atoms with Gasteiger partial charge in [-0.1, -0.05) is 28.6 Å². The molecule has 1 atom stereocenters. The molecule has 5 rings (SSSR count). The van der Waals surface area contributed by atoms with Gasteiger partial charge >= 0.3 is 0 Å². The molecular formula is C22H23N5O7S2. The molecule has 1 aliphatic carbocycles. The Bertz CT molecular complexity index is 1380. The summed E-state index contributed by atoms with van der Waals surface area (Å²) in [6.07, 6.45) is 3.07. The average molecular weight is 534 g/mol. The van der Waals surface area contributed by atoms with Crippen LogP contribution in [0.25, 0.3) is 10.5 Å². The third kappa shape index (κ3) is 5.46. The van der Waals surface area contributed by atoms with Crippen LogP contribution in [-0.2, 0) is 24.2 Å². The SMILES string of the molecule is O=C(Nc1nc2ncc(OCCO)nc2s1)C(=NO[C@@H]1CCOC1)c1ccc(S(=O)(=O)C2CC2)cc1. The summed E-state index contributed by atoms with van der Waals surface area (Å²) in [6.45, 7) is 0.835. The lowest BCUT2D eigenvalue weighted by molar-refractivity contribution is -0.110. The number of benzene rings is 1. The van der Waals surface area contributed by atoms with E-state index in [0.717, 1.165) is 11.3 Å². The maximum atomic E-state index is 13.2. The van der Waals surface area contributed by atoms with Gasteiger partial charge in [0.1, 0.15) is 6.61 Å². The number of carbonyl (C=O) groups excluding carboxylic acids is 1. The van der Waals surface area contributed by atoms with Crippen molar-refractivity contribution in [1.29, 1.82) is 0 Å². The molecule has 1 amide bonds. The van der Waals surface area contributed by atoms with E-state index in [1.165, 1.54) is 30.5 Å². The number of thiazole rings is 1. The summed E-state index contributed by atoms with van der Waals surface area (Å²) in [4.78, 5) is 32.1. The van der Waals surface area contributed by atoms with Crippen molar-refractivity contribution in [3.8, 4) is 5.88 Å². The summed E-state index contributed by atoms with van der Waals surface area (Å²) in [5, 5.41) is 15.6. The number of sulfone groups is 1. The fourth-order valence-corrected chi connectivity index (χ4v) is 5.90. The van der Waals surface area contributed by atoms with Gasteiger partial charge in [0.2, 0.25) is 5.88 Å². The highest BCUT2D eigenvalue weighted by Crippen LogP contribution is 2.33. The summed E-state index contributed by atoms with van der Waals surface area (Å²) in [7, 11) is -3.36. The molecule has 2 aromatic heterocycles. The minimum absolute atomic E-state index is 0.0376. The van der Waals surface area contributed by atoms with Gasteiger partial charge in [-0.25, -0.2) is 13.4 Å². The normalized spacial score (nSPS) is 18.4. The van der Waals surface area contributed by atoms with Crippen LogP contribution in [0, 0.1) is 0 Å². The number of anilines is 1. The first kappa shape index (κ1) is 24.5. The van der Waals surface area contributed by atoms with Crippen molar-refractivity contribution < 1.29 is 32.6 Å². The third-order valence-corrected chi connectivity index (χ3v) is 8.61. The first-order chi connectivity index (χ1) is 17.4. The number of hydrogen-bond acceptors (Lipinski definition) is 12. The van der Waals surface area contributed by atoms with Crippen LogP contribution in [0.5, 0.6) is 5.88 Å². The molecule has 0 bridgehead atoms. The molecule has 12 nitrogen and oxygen atoms in total. The van der Waals surface area contributed by atoms with E-state index >= 15 is 0 Å². The second-order valence-electron chi connectivity index (χ2n) is 8.18. The van der Waals surface area contributed by atoms with Crippen LogP contribution >= 0.6 is 11.3 Å². The molecule has 1 saturated carbocycles. The van der Waals surface area contributed by atoms with Gasteiger partial charge in [-0.2, -0.15) is 9.97 Å². The molecule has 0 spiro atoms. The number of rotatable bonds is 10. The van der Waals surface area contributed by atoms with E-state index in [1.807, 2.05) is 0 Å². The lowest BCUT2D eigenvalue weighted by Gasteiger charge is -2.10. The van der Waals surface area contributed by atoms with E-state index in [0.29, 0.717) is 48.5 Å². The maximum absolute atomic E-state index is 13.2. The molecule has 2 N–H and O–H groups in total. The van der Waals surface area contributed by atoms with Crippen LogP contribution in [0.1, 0.15) is 24.8 Å². The number of hydrogen-bond donors (Lipinski definition) is 2. The minimum atomic E-state index is -3.36. The van der Waals surface area contributed by atoms with Gasteiger partial charge in [-0.15, -0.1) is 0 Å². The van der Waals surface area contributed by atoms with Crippen molar-refractivity contribution in [2.24, 2.45) is 5.16 Å². The van der Waals surface area contributed by atoms with Gasteiger partial charge < -0.3 is 19.4 Å². The number of nitrogens with zero attached hydrogens (tertiary/aromatic N) is 4. The zero-order valence-corrected chi connectivity index (χ0v) is 20.6. The highest BCUT2D eigenvalue weighted by Gasteiger charge is 2.36. The first-order valence-electron chi connectivity index (χ1n) is 11.3. The highest BCUT2D eigenvalue weighted by molar-refractivity contribution is 7.92. The van der Waals surface area contributed by atoms with E-state index in [4.69, 9.17) is 19.4 Å². The smallest absolute Gasteiger partial charge is 0.280 e. The Balaban J connectivity index is 1.38. The monoisotopic (exact) mass is 533 g/mol. The van der Waals surface area contributed by atoms with E-state index < -0.39 is 15.7 Å². The topological polar surface area (TPSA) is 162 Å². The number of fused-ring (bicyclic) bond motifs is 1. The number of oxime groups is 1. The first-order valence-corrected chi connectivity index (χ1v) is 13.6. The standard InChI is InChI=1S/C22H23N5O7S2/c28-8-10-33-17-11-23-19-21(24-17)35-22(25-19)26-20(29)18(27-34-14-7-9-32-12-14)13-1-3-15(4-2-13)36(30,31)16-5-6-16/h1-4,11,14,16,28H,5-10,12H2,(H,23,25,26,29)/t14-/m1/s1. The van der Waals surface area contributed by atoms with Gasteiger partial charge in [0.25, 0.3) is 5.91 Å². The van der Waals surface area contributed by atoms with Crippen molar-refractivity contribution in [3.05, 3.63) is 36.0 Å². The molecule has 0 radical (unpaired) electrons. The van der Waals surface area contributed by atoms with Crippen LogP contribution in [0.2, 0.25) is 0 Å². The molecule has 1 saturated heterocycles. The fraction of sp³-hybridized carbons (Fsp3) is 0.409. The summed E-state index contributed by atoms with van der Waals surface area (Å²) in [5.41, 5.74) is 0.668. The van der Waals surface area contributed by atoms with Crippen LogP contribution in [0.3, 0.4) is 0 Å². The quantitative estimate of drug-likeness (QED) is 0.289. The molecule has 190 valence electrons. The maximum Gasteiger partial charge on any atom is 0.280 e. The zero-order valence-electron chi connectivity index (χ0n) is 19.0. The number of ether oxygens (including phenoxy) is 2. The molecule has 0 unspecified atom stereocenters. The second-order valence-corrected chi connectivity index (χ2v) is 11.4. The zero-order chi connectivity index (χ0) is 25.1. The third-order valence-electron chi connectivity index (χ3n) is 5.48. The molecule has 1 aliphatic heterocycles. The fourth-order valence-electron chi connectivity index (χ4n) is 3.46. The number of amides is 1. The molecule has 3 heterocycles. The van der Waals surface area contributed by atoms with Crippen LogP contribution in [0.4, 0.5) is 5.13 Å². The highest BCUT2D eigenvalue weighted by atomic mass is 32.2. The summed E-state index contributed by atoms with van der Waals surface area (Å²) in [5.74, 6) is -0.365. The predicted molar refractivity (Wildman–Crippen MR) is 130 cm³/mol. The summed E-state index contributed by atoms with van der Waals surface area (Å²) in [6, 6.07) is 6.02. The predicted octanol–water partition coefficient (Wildman–Crippen LogP) is 1.54. The molecule has 1 aromatic carbocycles. The van der Waals surface area contributed by atoms with Crippen molar-refractivity contribution in [2.75, 3.05) is 31.7 Å². The van der Waals surface area contributed by atoms with Crippen LogP contribution < -0.4 is 10.1 Å². The molecule has 14 heteroatoms. The summed E-state index contributed by atoms with van der Waals surface area (Å²) < 4.78 is 35.6. The molecule has 2 aliphatic rings. The lowest BCUT2D eigenvalue weighted by Crippen LogP contribution is -2.25. The number of carbonyl (C=O) groups is 1. The van der Waals surface area contributed by atoms with Crippen molar-refractivity contribution in [1.82, 2.24) is 15.0 Å². The molecular weight excluding hydrogens is 510 g/mol. The average Bonchev–Trinajstić information content (AvgIpc) is 3.48. The second kappa shape index (κ2) is 10.4. The van der Waals surface area contributed by atoms with Crippen molar-refractivity contribution in [3.63, 3.8) is 0 Å². The number of aromatic nitrogens is 3. The minimum Gasteiger partial charge on any atom is -0.474 e. The van der Waals surface area contributed by atoms with Gasteiger partial charge in [-0.3, -0.25) is 10.1 Å². The Labute approximate surface area is 210 Å². The Morgan fingerprint density at radius 1 is 1.22 bits per heavy atom. The van der Waals surface area contributed by atoms with E-state index in [2.05, 4.69) is 25.4 Å². The lowest BCUT2D eigenvalue weighted by atomic mass is 10.1. The van der Waals surface area contributed by atoms with Crippen molar-refractivity contribution >= 4 is 48.4 Å². The summed E-state index contributed by atoms with van der Waals surface area (Å²) >= 11 is 1.09.